The summed E-state index contributed by atoms with van der Waals surface area (Å²) >= 11 is 0. The second-order valence-corrected chi connectivity index (χ2v) is 6.92. The summed E-state index contributed by atoms with van der Waals surface area (Å²) < 4.78 is 0. The number of nitrogens with one attached hydrogen (secondary N) is 1. The monoisotopic (exact) mass is 286 g/mol. The van der Waals surface area contributed by atoms with Gasteiger partial charge >= 0.3 is 0 Å². The Hall–Kier alpha value is -0.860. The number of nitrogens with zero attached hydrogens (tertiary/aromatic N) is 1. The van der Waals surface area contributed by atoms with Gasteiger partial charge in [-0.15, -0.1) is 0 Å². The molecule has 0 unspecified atom stereocenters. The molecule has 1 aromatic rings. The highest BCUT2D eigenvalue weighted by atomic mass is 15.2. The van der Waals surface area contributed by atoms with Crippen molar-refractivity contribution in [3.05, 3.63) is 35.9 Å². The van der Waals surface area contributed by atoms with Gasteiger partial charge in [0.2, 0.25) is 0 Å². The highest BCUT2D eigenvalue weighted by Gasteiger charge is 2.22. The summed E-state index contributed by atoms with van der Waals surface area (Å²) in [5.41, 5.74) is 1.45. The van der Waals surface area contributed by atoms with Gasteiger partial charge in [0.1, 0.15) is 0 Å². The minimum Gasteiger partial charge on any atom is -0.310 e. The summed E-state index contributed by atoms with van der Waals surface area (Å²) in [6, 6.07) is 12.4. The number of benzene rings is 1. The minimum atomic E-state index is 0.713. The fourth-order valence-corrected chi connectivity index (χ4v) is 3.96. The van der Waals surface area contributed by atoms with E-state index in [2.05, 4.69) is 40.5 Å². The Bertz CT molecular complexity index is 395. The van der Waals surface area contributed by atoms with E-state index in [9.17, 15) is 0 Å². The first kappa shape index (κ1) is 15.1. The Morgan fingerprint density at radius 1 is 0.857 bits per heavy atom. The van der Waals surface area contributed by atoms with E-state index in [1.165, 1.54) is 70.0 Å². The van der Waals surface area contributed by atoms with Crippen LogP contribution in [0.15, 0.2) is 30.3 Å². The zero-order valence-electron chi connectivity index (χ0n) is 13.3. The van der Waals surface area contributed by atoms with Crippen LogP contribution in [0.3, 0.4) is 0 Å². The predicted molar refractivity (Wildman–Crippen MR) is 89.4 cm³/mol. The lowest BCUT2D eigenvalue weighted by Crippen LogP contribution is -2.48. The quantitative estimate of drug-likeness (QED) is 0.843. The van der Waals surface area contributed by atoms with Gasteiger partial charge in [-0.2, -0.15) is 0 Å². The normalized spacial score (nSPS) is 25.6. The Morgan fingerprint density at radius 3 is 2.33 bits per heavy atom. The van der Waals surface area contributed by atoms with Crippen LogP contribution >= 0.6 is 0 Å². The number of rotatable bonds is 4. The molecule has 1 heterocycles. The molecule has 2 heteroatoms. The summed E-state index contributed by atoms with van der Waals surface area (Å²) in [5, 5.41) is 3.97. The molecule has 3 rings (SSSR count). The molecule has 1 aliphatic carbocycles. The second kappa shape index (κ2) is 7.95. The maximum atomic E-state index is 3.97. The molecule has 0 radical (unpaired) electrons. The highest BCUT2D eigenvalue weighted by molar-refractivity contribution is 5.14. The van der Waals surface area contributed by atoms with Crippen LogP contribution in [0.4, 0.5) is 0 Å². The van der Waals surface area contributed by atoms with Crippen LogP contribution in [0.5, 0.6) is 0 Å². The van der Waals surface area contributed by atoms with Gasteiger partial charge in [-0.1, -0.05) is 56.0 Å². The fourth-order valence-electron chi connectivity index (χ4n) is 3.96. The molecular weight excluding hydrogens is 256 g/mol. The van der Waals surface area contributed by atoms with Gasteiger partial charge in [-0.25, -0.2) is 0 Å². The Morgan fingerprint density at radius 2 is 1.57 bits per heavy atom. The average molecular weight is 286 g/mol. The zero-order chi connectivity index (χ0) is 14.3. The molecule has 0 bridgehead atoms. The van der Waals surface area contributed by atoms with E-state index in [0.717, 1.165) is 12.6 Å². The van der Waals surface area contributed by atoms with E-state index in [1.54, 1.807) is 0 Å². The van der Waals surface area contributed by atoms with Crippen molar-refractivity contribution in [3.63, 3.8) is 0 Å². The van der Waals surface area contributed by atoms with E-state index in [0.29, 0.717) is 6.04 Å². The van der Waals surface area contributed by atoms with Crippen molar-refractivity contribution in [2.45, 2.75) is 70.0 Å². The van der Waals surface area contributed by atoms with Crippen molar-refractivity contribution < 1.29 is 0 Å². The first-order chi connectivity index (χ1) is 10.4. The van der Waals surface area contributed by atoms with Gasteiger partial charge in [-0.3, -0.25) is 4.90 Å². The average Bonchev–Trinajstić information content (AvgIpc) is 2.77. The lowest BCUT2D eigenvalue weighted by atomic mass is 10.0. The van der Waals surface area contributed by atoms with Crippen molar-refractivity contribution in [3.8, 4) is 0 Å². The lowest BCUT2D eigenvalue weighted by molar-refractivity contribution is 0.173. The maximum Gasteiger partial charge on any atom is 0.0234 e. The molecule has 1 saturated carbocycles. The van der Waals surface area contributed by atoms with Gasteiger partial charge < -0.3 is 5.32 Å². The molecule has 116 valence electrons. The summed E-state index contributed by atoms with van der Waals surface area (Å²) in [7, 11) is 0. The Labute approximate surface area is 129 Å². The van der Waals surface area contributed by atoms with Crippen LogP contribution < -0.4 is 5.32 Å². The predicted octanol–water partition coefficient (Wildman–Crippen LogP) is 3.96. The SMILES string of the molecule is c1ccc(CN2CCC[C@@H](NC3CCCCCC3)C2)cc1. The molecule has 2 aliphatic rings. The van der Waals surface area contributed by atoms with Crippen molar-refractivity contribution in [1.82, 2.24) is 10.2 Å². The van der Waals surface area contributed by atoms with Crippen LogP contribution in [0.2, 0.25) is 0 Å². The van der Waals surface area contributed by atoms with Gasteiger partial charge in [0.25, 0.3) is 0 Å². The first-order valence-corrected chi connectivity index (χ1v) is 8.92. The largest absolute Gasteiger partial charge is 0.310 e. The molecular formula is C19H30N2. The third-order valence-electron chi connectivity index (χ3n) is 5.08. The molecule has 1 atom stereocenters. The third-order valence-corrected chi connectivity index (χ3v) is 5.08. The summed E-state index contributed by atoms with van der Waals surface area (Å²) in [4.78, 5) is 2.63. The smallest absolute Gasteiger partial charge is 0.0234 e. The molecule has 0 amide bonds. The zero-order valence-corrected chi connectivity index (χ0v) is 13.3. The Kier molecular flexibility index (Phi) is 5.70. The molecule has 0 aromatic heterocycles. The second-order valence-electron chi connectivity index (χ2n) is 6.92. The summed E-state index contributed by atoms with van der Waals surface area (Å²) in [6.07, 6.45) is 11.3. The molecule has 1 aliphatic heterocycles. The van der Waals surface area contributed by atoms with Crippen molar-refractivity contribution in [2.75, 3.05) is 13.1 Å². The van der Waals surface area contributed by atoms with E-state index in [4.69, 9.17) is 0 Å². The molecule has 2 nitrogen and oxygen atoms in total. The van der Waals surface area contributed by atoms with E-state index in [-0.39, 0.29) is 0 Å². The Balaban J connectivity index is 1.48. The van der Waals surface area contributed by atoms with Crippen molar-refractivity contribution in [1.29, 1.82) is 0 Å². The topological polar surface area (TPSA) is 15.3 Å². The fraction of sp³-hybridized carbons (Fsp3) is 0.684. The van der Waals surface area contributed by atoms with Crippen LogP contribution in [0, 0.1) is 0 Å². The maximum absolute atomic E-state index is 3.97. The van der Waals surface area contributed by atoms with Crippen LogP contribution in [0.25, 0.3) is 0 Å². The third kappa shape index (κ3) is 4.82. The molecule has 1 N–H and O–H groups in total. The highest BCUT2D eigenvalue weighted by Crippen LogP contribution is 2.20. The number of hydrogen-bond acceptors (Lipinski definition) is 2. The van der Waals surface area contributed by atoms with E-state index in [1.807, 2.05) is 0 Å². The molecule has 0 spiro atoms. The first-order valence-electron chi connectivity index (χ1n) is 8.92. The molecule has 2 fully saturated rings. The van der Waals surface area contributed by atoms with Crippen LogP contribution in [0.1, 0.15) is 56.9 Å². The lowest BCUT2D eigenvalue weighted by Gasteiger charge is -2.35. The van der Waals surface area contributed by atoms with Gasteiger partial charge in [0.15, 0.2) is 0 Å². The number of likely N-dealkylation sites (tertiary alicyclic amines) is 1. The van der Waals surface area contributed by atoms with Crippen molar-refractivity contribution >= 4 is 0 Å². The number of hydrogen-bond donors (Lipinski definition) is 1. The van der Waals surface area contributed by atoms with Crippen molar-refractivity contribution in [2.24, 2.45) is 0 Å². The van der Waals surface area contributed by atoms with E-state index < -0.39 is 0 Å². The summed E-state index contributed by atoms with van der Waals surface area (Å²) in [5.74, 6) is 0. The molecule has 21 heavy (non-hydrogen) atoms. The van der Waals surface area contributed by atoms with Crippen LogP contribution in [-0.2, 0) is 6.54 Å². The molecule has 1 aromatic carbocycles. The minimum absolute atomic E-state index is 0.713. The van der Waals surface area contributed by atoms with Crippen LogP contribution in [-0.4, -0.2) is 30.1 Å². The number of piperidine rings is 1. The van der Waals surface area contributed by atoms with E-state index >= 15 is 0 Å². The standard InChI is InChI=1S/C19H30N2/c1-2-7-12-18(11-6-1)20-19-13-8-14-21(16-19)15-17-9-4-3-5-10-17/h3-5,9-10,18-20H,1-2,6-8,11-16H2/t19-/m1/s1. The summed E-state index contributed by atoms with van der Waals surface area (Å²) in [6.45, 7) is 3.60. The molecule has 1 saturated heterocycles. The van der Waals surface area contributed by atoms with Gasteiger partial charge in [0.05, 0.1) is 0 Å². The van der Waals surface area contributed by atoms with Gasteiger partial charge in [0, 0.05) is 25.2 Å². The van der Waals surface area contributed by atoms with Gasteiger partial charge in [-0.05, 0) is 37.8 Å².